The lowest BCUT2D eigenvalue weighted by atomic mass is 10.3. The van der Waals surface area contributed by atoms with Crippen molar-refractivity contribution in [2.24, 2.45) is 0 Å². The molecule has 0 fully saturated rings. The topological polar surface area (TPSA) is 12.9 Å². The van der Waals surface area contributed by atoms with Crippen LogP contribution in [0.25, 0.3) is 0 Å². The number of rotatable bonds is 0. The smallest absolute Gasteiger partial charge is 0.241 e. The second kappa shape index (κ2) is 2.90. The van der Waals surface area contributed by atoms with Gasteiger partial charge in [0.25, 0.3) is 0 Å². The van der Waals surface area contributed by atoms with Crippen molar-refractivity contribution in [3.05, 3.63) is 28.8 Å². The summed E-state index contributed by atoms with van der Waals surface area (Å²) in [5.41, 5.74) is -1.15. The zero-order valence-corrected chi connectivity index (χ0v) is 6.25. The van der Waals surface area contributed by atoms with E-state index in [2.05, 4.69) is 4.98 Å². The van der Waals surface area contributed by atoms with Crippen molar-refractivity contribution < 1.29 is 17.6 Å². The van der Waals surface area contributed by atoms with Crippen molar-refractivity contribution in [2.75, 3.05) is 0 Å². The van der Waals surface area contributed by atoms with Crippen LogP contribution in [0.3, 0.4) is 0 Å². The van der Waals surface area contributed by atoms with Crippen molar-refractivity contribution in [2.45, 2.75) is 6.18 Å². The minimum absolute atomic E-state index is 0.301. The molecule has 0 aliphatic heterocycles. The molecule has 12 heavy (non-hydrogen) atoms. The largest absolute Gasteiger partial charge is 0.417 e. The predicted octanol–water partition coefficient (Wildman–Crippen LogP) is 2.89. The van der Waals surface area contributed by atoms with Gasteiger partial charge in [0, 0.05) is 6.20 Å². The molecule has 0 N–H and O–H groups in total. The van der Waals surface area contributed by atoms with Crippen molar-refractivity contribution in [1.29, 1.82) is 0 Å². The van der Waals surface area contributed by atoms with Gasteiger partial charge in [-0.3, -0.25) is 0 Å². The molecule has 1 aromatic rings. The molecule has 1 nitrogen and oxygen atoms in total. The Labute approximate surface area is 70.0 Å². The average molecular weight is 200 g/mol. The summed E-state index contributed by atoms with van der Waals surface area (Å²) in [6, 6.07) is 0.301. The third kappa shape index (κ3) is 1.85. The molecule has 0 aromatic carbocycles. The van der Waals surface area contributed by atoms with Crippen LogP contribution in [0.4, 0.5) is 17.6 Å². The van der Waals surface area contributed by atoms with Gasteiger partial charge in [-0.15, -0.1) is 0 Å². The van der Waals surface area contributed by atoms with Crippen LogP contribution in [-0.4, -0.2) is 4.98 Å². The first-order chi connectivity index (χ1) is 5.41. The fourth-order valence-corrected chi connectivity index (χ4v) is 0.680. The van der Waals surface area contributed by atoms with E-state index >= 15 is 0 Å². The monoisotopic (exact) mass is 199 g/mol. The van der Waals surface area contributed by atoms with E-state index in [1.165, 1.54) is 0 Å². The van der Waals surface area contributed by atoms with Gasteiger partial charge in [0.15, 0.2) is 11.0 Å². The second-order valence-corrected chi connectivity index (χ2v) is 2.35. The Hall–Kier alpha value is -0.840. The molecule has 0 spiro atoms. The van der Waals surface area contributed by atoms with Crippen LogP contribution in [0, 0.1) is 5.82 Å². The molecular weight excluding hydrogens is 198 g/mol. The van der Waals surface area contributed by atoms with E-state index in [4.69, 9.17) is 11.6 Å². The van der Waals surface area contributed by atoms with Gasteiger partial charge in [0.05, 0.1) is 5.56 Å². The molecule has 0 saturated carbocycles. The highest BCUT2D eigenvalue weighted by molar-refractivity contribution is 6.29. The highest BCUT2D eigenvalue weighted by Gasteiger charge is 2.31. The first-order valence-corrected chi connectivity index (χ1v) is 3.17. The van der Waals surface area contributed by atoms with Crippen molar-refractivity contribution >= 4 is 11.6 Å². The van der Waals surface area contributed by atoms with Crippen LogP contribution in [0.5, 0.6) is 0 Å². The van der Waals surface area contributed by atoms with E-state index in [9.17, 15) is 17.6 Å². The molecule has 0 bridgehead atoms. The molecule has 0 saturated heterocycles. The summed E-state index contributed by atoms with van der Waals surface area (Å²) in [6.45, 7) is 0. The zero-order valence-electron chi connectivity index (χ0n) is 5.49. The van der Waals surface area contributed by atoms with E-state index < -0.39 is 22.7 Å². The molecule has 0 aliphatic rings. The first-order valence-electron chi connectivity index (χ1n) is 2.79. The number of hydrogen-bond donors (Lipinski definition) is 0. The molecular formula is C6H2ClF4N. The quantitative estimate of drug-likeness (QED) is 0.463. The number of aromatic nitrogens is 1. The summed E-state index contributed by atoms with van der Waals surface area (Å²) in [6.07, 6.45) is -4.11. The van der Waals surface area contributed by atoms with Crippen molar-refractivity contribution in [3.63, 3.8) is 0 Å². The molecule has 0 amide bonds. The Kier molecular flexibility index (Phi) is 2.23. The average Bonchev–Trinajstić information content (AvgIpc) is 1.92. The molecule has 6 heteroatoms. The van der Waals surface area contributed by atoms with Gasteiger partial charge < -0.3 is 0 Å². The van der Waals surface area contributed by atoms with Crippen molar-refractivity contribution in [1.82, 2.24) is 4.98 Å². The number of hydrogen-bond acceptors (Lipinski definition) is 1. The van der Waals surface area contributed by atoms with E-state index in [-0.39, 0.29) is 0 Å². The van der Waals surface area contributed by atoms with Gasteiger partial charge in [0.1, 0.15) is 0 Å². The highest BCUT2D eigenvalue weighted by atomic mass is 35.5. The van der Waals surface area contributed by atoms with Crippen LogP contribution in [-0.2, 0) is 6.18 Å². The van der Waals surface area contributed by atoms with Gasteiger partial charge in [-0.2, -0.15) is 13.2 Å². The summed E-state index contributed by atoms with van der Waals surface area (Å²) in [5.74, 6) is -1.17. The minimum Gasteiger partial charge on any atom is -0.241 e. The fraction of sp³-hybridized carbons (Fsp3) is 0.167. The minimum atomic E-state index is -4.58. The van der Waals surface area contributed by atoms with Crippen LogP contribution < -0.4 is 0 Å². The molecule has 1 heterocycles. The van der Waals surface area contributed by atoms with Crippen LogP contribution in [0.15, 0.2) is 12.3 Å². The fourth-order valence-electron chi connectivity index (χ4n) is 0.576. The molecule has 0 unspecified atom stereocenters. The van der Waals surface area contributed by atoms with E-state index in [0.29, 0.717) is 12.3 Å². The zero-order chi connectivity index (χ0) is 9.35. The second-order valence-electron chi connectivity index (χ2n) is 1.99. The Morgan fingerprint density at radius 2 is 1.92 bits per heavy atom. The van der Waals surface area contributed by atoms with E-state index in [1.54, 1.807) is 0 Å². The molecule has 66 valence electrons. The van der Waals surface area contributed by atoms with E-state index in [1.807, 2.05) is 0 Å². The van der Waals surface area contributed by atoms with Crippen LogP contribution in [0.1, 0.15) is 5.56 Å². The standard InChI is InChI=1S/C6H2ClF4N/c7-5-4(8)1-3(2-12-5)6(9,10)11/h1-2H. The third-order valence-corrected chi connectivity index (χ3v) is 1.40. The number of pyridine rings is 1. The SMILES string of the molecule is Fc1cc(C(F)(F)F)cnc1Cl. The normalized spacial score (nSPS) is 11.8. The predicted molar refractivity (Wildman–Crippen MR) is 34.2 cm³/mol. The summed E-state index contributed by atoms with van der Waals surface area (Å²) >= 11 is 5.08. The Morgan fingerprint density at radius 1 is 1.33 bits per heavy atom. The maximum Gasteiger partial charge on any atom is 0.417 e. The Morgan fingerprint density at radius 3 is 2.33 bits per heavy atom. The lowest BCUT2D eigenvalue weighted by Gasteiger charge is -2.05. The van der Waals surface area contributed by atoms with Crippen LogP contribution in [0.2, 0.25) is 5.15 Å². The van der Waals surface area contributed by atoms with E-state index in [0.717, 1.165) is 0 Å². The highest BCUT2D eigenvalue weighted by Crippen LogP contribution is 2.29. The van der Waals surface area contributed by atoms with Gasteiger partial charge in [-0.05, 0) is 6.07 Å². The van der Waals surface area contributed by atoms with Crippen molar-refractivity contribution in [3.8, 4) is 0 Å². The number of nitrogens with zero attached hydrogens (tertiary/aromatic N) is 1. The summed E-state index contributed by atoms with van der Waals surface area (Å²) in [5, 5.41) is -0.567. The third-order valence-electron chi connectivity index (χ3n) is 1.12. The maximum atomic E-state index is 12.4. The molecule has 0 radical (unpaired) electrons. The first kappa shape index (κ1) is 9.25. The van der Waals surface area contributed by atoms with Crippen LogP contribution >= 0.6 is 11.6 Å². The summed E-state index contributed by atoms with van der Waals surface area (Å²) in [7, 11) is 0. The van der Waals surface area contributed by atoms with Gasteiger partial charge in [-0.25, -0.2) is 9.37 Å². The summed E-state index contributed by atoms with van der Waals surface area (Å²) < 4.78 is 48.0. The lowest BCUT2D eigenvalue weighted by Crippen LogP contribution is -2.06. The lowest BCUT2D eigenvalue weighted by molar-refractivity contribution is -0.138. The van der Waals surface area contributed by atoms with Gasteiger partial charge in [0.2, 0.25) is 0 Å². The number of halogens is 5. The number of alkyl halides is 3. The van der Waals surface area contributed by atoms with Gasteiger partial charge >= 0.3 is 6.18 Å². The van der Waals surface area contributed by atoms with Gasteiger partial charge in [-0.1, -0.05) is 11.6 Å². The molecule has 0 atom stereocenters. The molecule has 1 rings (SSSR count). The Balaban J connectivity index is 3.14. The Bertz CT molecular complexity index is 296. The maximum absolute atomic E-state index is 12.4. The molecule has 1 aromatic heterocycles. The molecule has 0 aliphatic carbocycles. The summed E-state index contributed by atoms with van der Waals surface area (Å²) in [4.78, 5) is 3.02.